The Hall–Kier alpha value is -3.04. The second-order valence-corrected chi connectivity index (χ2v) is 9.62. The van der Waals surface area contributed by atoms with Crippen LogP contribution in [0.15, 0.2) is 21.2 Å². The number of allylic oxidation sites excluding steroid dienone is 2. The highest BCUT2D eigenvalue weighted by Crippen LogP contribution is 2.21. The molecule has 10 nitrogen and oxygen atoms in total. The smallest absolute Gasteiger partial charge is 0.410 e. The minimum Gasteiger partial charge on any atom is -0.444 e. The standard InChI is InChI=1S/C22H34N6O4/c1-14(2)10-12-28-16-17(25(6)20(30)26(7)18(16)29)24-19(28)23-15-9-8-11-27(13-15)21(31)32-22(3,4)5/h10,15H,8-9,11-13H2,1-7H3,(H,23,24). The normalized spacial score (nSPS) is 16.8. The fraction of sp³-hybridized carbons (Fsp3) is 0.636. The third-order valence-electron chi connectivity index (χ3n) is 5.44. The fourth-order valence-electron chi connectivity index (χ4n) is 3.78. The maximum Gasteiger partial charge on any atom is 0.410 e. The Kier molecular flexibility index (Phi) is 6.52. The number of ether oxygens (including phenoxy) is 1. The number of hydrogen-bond donors (Lipinski definition) is 1. The minimum atomic E-state index is -0.555. The summed E-state index contributed by atoms with van der Waals surface area (Å²) in [4.78, 5) is 44.2. The Morgan fingerprint density at radius 1 is 1.22 bits per heavy atom. The number of amides is 1. The highest BCUT2D eigenvalue weighted by molar-refractivity contribution is 5.74. The summed E-state index contributed by atoms with van der Waals surface area (Å²) in [5, 5.41) is 3.41. The zero-order chi connectivity index (χ0) is 23.8. The lowest BCUT2D eigenvalue weighted by Crippen LogP contribution is -2.47. The first-order valence-corrected chi connectivity index (χ1v) is 10.9. The first-order valence-electron chi connectivity index (χ1n) is 10.9. The van der Waals surface area contributed by atoms with Crippen LogP contribution in [0.2, 0.25) is 0 Å². The Labute approximate surface area is 187 Å². The number of rotatable bonds is 4. The summed E-state index contributed by atoms with van der Waals surface area (Å²) >= 11 is 0. The van der Waals surface area contributed by atoms with Gasteiger partial charge in [0.1, 0.15) is 5.60 Å². The molecule has 1 atom stereocenters. The molecule has 32 heavy (non-hydrogen) atoms. The van der Waals surface area contributed by atoms with Crippen LogP contribution in [0.5, 0.6) is 0 Å². The highest BCUT2D eigenvalue weighted by Gasteiger charge is 2.29. The van der Waals surface area contributed by atoms with Crippen LogP contribution in [0.4, 0.5) is 10.7 Å². The van der Waals surface area contributed by atoms with Gasteiger partial charge >= 0.3 is 11.8 Å². The second-order valence-electron chi connectivity index (χ2n) is 9.62. The summed E-state index contributed by atoms with van der Waals surface area (Å²) in [7, 11) is 3.08. The van der Waals surface area contributed by atoms with Gasteiger partial charge in [0, 0.05) is 39.8 Å². The van der Waals surface area contributed by atoms with Gasteiger partial charge in [-0.05, 0) is 47.5 Å². The quantitative estimate of drug-likeness (QED) is 0.723. The lowest BCUT2D eigenvalue weighted by Gasteiger charge is -2.34. The molecule has 1 amide bonds. The number of aryl methyl sites for hydroxylation is 1. The minimum absolute atomic E-state index is 0.0561. The van der Waals surface area contributed by atoms with Gasteiger partial charge in [-0.3, -0.25) is 13.9 Å². The molecule has 0 spiro atoms. The van der Waals surface area contributed by atoms with Crippen molar-refractivity contribution in [3.05, 3.63) is 32.5 Å². The Balaban J connectivity index is 1.97. The topological polar surface area (TPSA) is 103 Å². The molecule has 2 aromatic heterocycles. The number of anilines is 1. The third kappa shape index (κ3) is 4.89. The summed E-state index contributed by atoms with van der Waals surface area (Å²) in [5.74, 6) is 0.506. The van der Waals surface area contributed by atoms with E-state index in [-0.39, 0.29) is 17.7 Å². The summed E-state index contributed by atoms with van der Waals surface area (Å²) in [6.45, 7) is 11.1. The molecular formula is C22H34N6O4. The zero-order valence-corrected chi connectivity index (χ0v) is 20.1. The average Bonchev–Trinajstić information content (AvgIpc) is 3.06. The molecule has 1 N–H and O–H groups in total. The lowest BCUT2D eigenvalue weighted by atomic mass is 10.1. The van der Waals surface area contributed by atoms with Crippen molar-refractivity contribution in [2.75, 3.05) is 18.4 Å². The van der Waals surface area contributed by atoms with E-state index >= 15 is 0 Å². The number of hydrogen-bond acceptors (Lipinski definition) is 6. The Morgan fingerprint density at radius 2 is 1.91 bits per heavy atom. The molecule has 1 aliphatic rings. The van der Waals surface area contributed by atoms with Crippen LogP contribution in [-0.2, 0) is 25.4 Å². The largest absolute Gasteiger partial charge is 0.444 e. The van der Waals surface area contributed by atoms with E-state index in [1.807, 2.05) is 40.7 Å². The number of carbonyl (C=O) groups excluding carboxylic acids is 1. The van der Waals surface area contributed by atoms with Crippen molar-refractivity contribution >= 4 is 23.2 Å². The number of nitrogens with one attached hydrogen (secondary N) is 1. The monoisotopic (exact) mass is 446 g/mol. The van der Waals surface area contributed by atoms with Crippen LogP contribution >= 0.6 is 0 Å². The van der Waals surface area contributed by atoms with Crippen LogP contribution in [0.1, 0.15) is 47.5 Å². The SMILES string of the molecule is CC(C)=CCn1c(NC2CCCN(C(=O)OC(C)(C)C)C2)nc2c1c(=O)n(C)c(=O)n2C. The molecule has 0 aliphatic carbocycles. The molecule has 0 saturated carbocycles. The van der Waals surface area contributed by atoms with E-state index in [4.69, 9.17) is 4.74 Å². The number of aromatic nitrogens is 4. The average molecular weight is 447 g/mol. The van der Waals surface area contributed by atoms with E-state index in [0.29, 0.717) is 36.7 Å². The summed E-state index contributed by atoms with van der Waals surface area (Å²) < 4.78 is 9.80. The first kappa shape index (κ1) is 23.6. The van der Waals surface area contributed by atoms with Crippen molar-refractivity contribution in [2.45, 2.75) is 65.6 Å². The third-order valence-corrected chi connectivity index (χ3v) is 5.44. The van der Waals surface area contributed by atoms with E-state index in [1.54, 1.807) is 16.5 Å². The molecule has 176 valence electrons. The predicted octanol–water partition coefficient (Wildman–Crippen LogP) is 2.21. The molecule has 0 aromatic carbocycles. The first-order chi connectivity index (χ1) is 14.9. The Morgan fingerprint density at radius 3 is 2.53 bits per heavy atom. The molecule has 3 rings (SSSR count). The molecule has 0 bridgehead atoms. The van der Waals surface area contributed by atoms with Gasteiger partial charge < -0.3 is 19.5 Å². The predicted molar refractivity (Wildman–Crippen MR) is 124 cm³/mol. The number of imidazole rings is 1. The molecule has 1 aliphatic heterocycles. The van der Waals surface area contributed by atoms with Crippen molar-refractivity contribution in [1.29, 1.82) is 0 Å². The highest BCUT2D eigenvalue weighted by atomic mass is 16.6. The summed E-state index contributed by atoms with van der Waals surface area (Å²) in [6, 6.07) is -0.0561. The number of piperidine rings is 1. The number of nitrogens with zero attached hydrogens (tertiary/aromatic N) is 5. The van der Waals surface area contributed by atoms with Crippen molar-refractivity contribution in [2.24, 2.45) is 14.1 Å². The maximum atomic E-state index is 12.9. The van der Waals surface area contributed by atoms with E-state index in [1.165, 1.54) is 11.6 Å². The van der Waals surface area contributed by atoms with Crippen LogP contribution in [-0.4, -0.2) is 54.4 Å². The lowest BCUT2D eigenvalue weighted by molar-refractivity contribution is 0.0206. The molecule has 1 unspecified atom stereocenters. The molecule has 0 radical (unpaired) electrons. The molecule has 10 heteroatoms. The van der Waals surface area contributed by atoms with E-state index in [9.17, 15) is 14.4 Å². The van der Waals surface area contributed by atoms with Crippen molar-refractivity contribution in [3.63, 3.8) is 0 Å². The number of likely N-dealkylation sites (tertiary alicyclic amines) is 1. The van der Waals surface area contributed by atoms with E-state index < -0.39 is 11.3 Å². The molecule has 2 aromatic rings. The summed E-state index contributed by atoms with van der Waals surface area (Å²) in [5.41, 5.74) is 0.449. The van der Waals surface area contributed by atoms with Gasteiger partial charge in [0.15, 0.2) is 11.2 Å². The maximum absolute atomic E-state index is 12.9. The van der Waals surface area contributed by atoms with Crippen molar-refractivity contribution in [3.8, 4) is 0 Å². The van der Waals surface area contributed by atoms with E-state index in [2.05, 4.69) is 10.3 Å². The van der Waals surface area contributed by atoms with Crippen LogP contribution in [0.25, 0.3) is 11.2 Å². The van der Waals surface area contributed by atoms with Crippen LogP contribution in [0, 0.1) is 0 Å². The van der Waals surface area contributed by atoms with Gasteiger partial charge in [0.2, 0.25) is 5.95 Å². The second kappa shape index (κ2) is 8.84. The number of carbonyl (C=O) groups is 1. The van der Waals surface area contributed by atoms with Crippen LogP contribution < -0.4 is 16.6 Å². The molecule has 1 fully saturated rings. The van der Waals surface area contributed by atoms with Gasteiger partial charge in [0.25, 0.3) is 5.56 Å². The number of fused-ring (bicyclic) bond motifs is 1. The van der Waals surface area contributed by atoms with Gasteiger partial charge in [-0.2, -0.15) is 4.98 Å². The van der Waals surface area contributed by atoms with Crippen molar-refractivity contribution in [1.82, 2.24) is 23.6 Å². The molecule has 1 saturated heterocycles. The van der Waals surface area contributed by atoms with Crippen LogP contribution in [0.3, 0.4) is 0 Å². The van der Waals surface area contributed by atoms with Gasteiger partial charge in [-0.25, -0.2) is 9.59 Å². The van der Waals surface area contributed by atoms with Gasteiger partial charge in [-0.15, -0.1) is 0 Å². The Bertz CT molecular complexity index is 1160. The van der Waals surface area contributed by atoms with E-state index in [0.717, 1.165) is 23.0 Å². The van der Waals surface area contributed by atoms with Gasteiger partial charge in [-0.1, -0.05) is 11.6 Å². The van der Waals surface area contributed by atoms with Crippen molar-refractivity contribution < 1.29 is 9.53 Å². The zero-order valence-electron chi connectivity index (χ0n) is 20.1. The molecular weight excluding hydrogens is 412 g/mol. The summed E-state index contributed by atoms with van der Waals surface area (Å²) in [6.07, 6.45) is 3.34. The van der Waals surface area contributed by atoms with Gasteiger partial charge in [0.05, 0.1) is 0 Å². The fourth-order valence-corrected chi connectivity index (χ4v) is 3.78. The molecule has 3 heterocycles.